The van der Waals surface area contributed by atoms with Crippen molar-refractivity contribution in [1.82, 2.24) is 0 Å². The molecule has 0 aromatic carbocycles. The molecule has 46 valence electrons. The maximum atomic E-state index is 7.94. The number of hydrogen-bond donors (Lipinski definition) is 1. The molecule has 0 spiro atoms. The van der Waals surface area contributed by atoms with E-state index < -0.39 is 0 Å². The van der Waals surface area contributed by atoms with Crippen molar-refractivity contribution in [2.45, 2.75) is 0 Å². The summed E-state index contributed by atoms with van der Waals surface area (Å²) in [7, 11) is 1.55. The van der Waals surface area contributed by atoms with Crippen LogP contribution in [0.1, 0.15) is 0 Å². The van der Waals surface area contributed by atoms with Crippen molar-refractivity contribution < 1.29 is 56.8 Å². The topological polar surface area (TPSA) is 29.5 Å². The van der Waals surface area contributed by atoms with Crippen LogP contribution in [-0.4, -0.2) is 25.4 Å². The van der Waals surface area contributed by atoms with E-state index in [-0.39, 0.29) is 53.5 Å². The van der Waals surface area contributed by atoms with Gasteiger partial charge in [-0.1, -0.05) is 0 Å². The fourth-order valence-electron chi connectivity index (χ4n) is 0.0913. The van der Waals surface area contributed by atoms with Crippen molar-refractivity contribution in [2.75, 3.05) is 20.3 Å². The molecule has 0 aliphatic carbocycles. The van der Waals surface area contributed by atoms with Crippen molar-refractivity contribution in [2.24, 2.45) is 0 Å². The second-order valence-corrected chi connectivity index (χ2v) is 0.716. The first-order chi connectivity index (χ1) is 2.41. The molecule has 0 saturated heterocycles. The Hall–Kier alpha value is 1.44. The second-order valence-electron chi connectivity index (χ2n) is 0.716. The van der Waals surface area contributed by atoms with Crippen LogP contribution in [-0.2, 0) is 4.74 Å². The molecular formula is C3H8O2Yb. The van der Waals surface area contributed by atoms with Crippen molar-refractivity contribution in [3.05, 3.63) is 0 Å². The van der Waals surface area contributed by atoms with E-state index in [1.54, 1.807) is 7.11 Å². The minimum absolute atomic E-state index is 0. The first-order valence-corrected chi connectivity index (χ1v) is 1.51. The van der Waals surface area contributed by atoms with Gasteiger partial charge in [-0.15, -0.1) is 0 Å². The zero-order valence-electron chi connectivity index (χ0n) is 3.54. The van der Waals surface area contributed by atoms with Crippen LogP contribution in [0.3, 0.4) is 0 Å². The molecular weight excluding hydrogens is 241 g/mol. The van der Waals surface area contributed by atoms with E-state index in [0.29, 0.717) is 6.61 Å². The Morgan fingerprint density at radius 3 is 2.17 bits per heavy atom. The van der Waals surface area contributed by atoms with E-state index in [9.17, 15) is 0 Å². The van der Waals surface area contributed by atoms with Gasteiger partial charge in [0.1, 0.15) is 0 Å². The third-order valence-electron chi connectivity index (χ3n) is 0.295. The van der Waals surface area contributed by atoms with Crippen LogP contribution >= 0.6 is 0 Å². The summed E-state index contributed by atoms with van der Waals surface area (Å²) >= 11 is 0. The van der Waals surface area contributed by atoms with Crippen LogP contribution in [0.25, 0.3) is 0 Å². The average Bonchev–Trinajstić information content (AvgIpc) is 1.41. The zero-order chi connectivity index (χ0) is 4.12. The molecule has 0 bridgehead atoms. The number of aliphatic hydroxyl groups excluding tert-OH is 1. The quantitative estimate of drug-likeness (QED) is 0.723. The van der Waals surface area contributed by atoms with Crippen LogP contribution in [0, 0.1) is 46.9 Å². The van der Waals surface area contributed by atoms with Crippen LogP contribution in [0.15, 0.2) is 0 Å². The summed E-state index contributed by atoms with van der Waals surface area (Å²) in [5.74, 6) is 0. The van der Waals surface area contributed by atoms with Gasteiger partial charge in [0.25, 0.3) is 0 Å². The minimum Gasteiger partial charge on any atom is -0.394 e. The molecule has 6 heavy (non-hydrogen) atoms. The summed E-state index contributed by atoms with van der Waals surface area (Å²) in [5, 5.41) is 7.94. The fourth-order valence-corrected chi connectivity index (χ4v) is 0.0913. The Labute approximate surface area is 76.1 Å². The minimum atomic E-state index is 0. The molecule has 0 aliphatic rings. The molecule has 0 aromatic heterocycles. The number of hydrogen-bond acceptors (Lipinski definition) is 2. The van der Waals surface area contributed by atoms with Crippen molar-refractivity contribution >= 4 is 0 Å². The molecule has 2 nitrogen and oxygen atoms in total. The third-order valence-corrected chi connectivity index (χ3v) is 0.295. The van der Waals surface area contributed by atoms with Gasteiger partial charge in [0.05, 0.1) is 13.2 Å². The summed E-state index contributed by atoms with van der Waals surface area (Å²) in [6.45, 7) is 0.566. The van der Waals surface area contributed by atoms with E-state index in [4.69, 9.17) is 5.11 Å². The summed E-state index contributed by atoms with van der Waals surface area (Å²) < 4.78 is 4.44. The van der Waals surface area contributed by atoms with E-state index in [0.717, 1.165) is 0 Å². The summed E-state index contributed by atoms with van der Waals surface area (Å²) in [5.41, 5.74) is 0. The third kappa shape index (κ3) is 9.06. The van der Waals surface area contributed by atoms with E-state index >= 15 is 0 Å². The summed E-state index contributed by atoms with van der Waals surface area (Å²) in [6.07, 6.45) is 0. The molecule has 0 saturated carbocycles. The van der Waals surface area contributed by atoms with Crippen LogP contribution in [0.4, 0.5) is 0 Å². The molecule has 0 fully saturated rings. The molecule has 0 aliphatic heterocycles. The maximum Gasteiger partial charge on any atom is 0.0693 e. The molecule has 0 heterocycles. The van der Waals surface area contributed by atoms with Crippen LogP contribution in [0.5, 0.6) is 0 Å². The molecule has 0 rings (SSSR count). The van der Waals surface area contributed by atoms with E-state index in [1.807, 2.05) is 0 Å². The molecule has 0 amide bonds. The number of methoxy groups -OCH3 is 1. The van der Waals surface area contributed by atoms with Gasteiger partial charge in [-0.2, -0.15) is 0 Å². The SMILES string of the molecule is COCCO.[Yb]. The molecule has 3 heteroatoms. The number of rotatable bonds is 2. The van der Waals surface area contributed by atoms with Gasteiger partial charge in [-0.05, 0) is 0 Å². The smallest absolute Gasteiger partial charge is 0.0693 e. The van der Waals surface area contributed by atoms with Crippen molar-refractivity contribution in [1.29, 1.82) is 0 Å². The second kappa shape index (κ2) is 9.67. The van der Waals surface area contributed by atoms with Gasteiger partial charge in [0, 0.05) is 54.0 Å². The molecule has 1 N–H and O–H groups in total. The number of ether oxygens (including phenoxy) is 1. The largest absolute Gasteiger partial charge is 0.394 e. The molecule has 0 radical (unpaired) electrons. The Kier molecular flexibility index (Phi) is 16.8. The summed E-state index contributed by atoms with van der Waals surface area (Å²) in [4.78, 5) is 0. The average molecular weight is 249 g/mol. The van der Waals surface area contributed by atoms with Gasteiger partial charge in [0.2, 0.25) is 0 Å². The normalized spacial score (nSPS) is 7.00. The van der Waals surface area contributed by atoms with E-state index in [1.165, 1.54) is 0 Å². The Morgan fingerprint density at radius 2 is 2.17 bits per heavy atom. The van der Waals surface area contributed by atoms with Crippen molar-refractivity contribution in [3.8, 4) is 0 Å². The first kappa shape index (κ1) is 10.4. The van der Waals surface area contributed by atoms with Crippen molar-refractivity contribution in [3.63, 3.8) is 0 Å². The molecule has 0 aromatic rings. The van der Waals surface area contributed by atoms with Gasteiger partial charge in [-0.25, -0.2) is 0 Å². The van der Waals surface area contributed by atoms with Gasteiger partial charge >= 0.3 is 0 Å². The summed E-state index contributed by atoms with van der Waals surface area (Å²) in [6, 6.07) is 0. The zero-order valence-corrected chi connectivity index (χ0v) is 5.25. The predicted molar refractivity (Wildman–Crippen MR) is 19.0 cm³/mol. The first-order valence-electron chi connectivity index (χ1n) is 1.51. The maximum absolute atomic E-state index is 7.94. The standard InChI is InChI=1S/C3H8O2.Yb/c1-5-3-2-4;/h4H,2-3H2,1H3;. The van der Waals surface area contributed by atoms with E-state index in [2.05, 4.69) is 4.74 Å². The van der Waals surface area contributed by atoms with Gasteiger partial charge in [0.15, 0.2) is 0 Å². The Bertz CT molecular complexity index is 16.3. The molecule has 0 atom stereocenters. The Balaban J connectivity index is 0. The predicted octanol–water partition coefficient (Wildman–Crippen LogP) is -0.375. The van der Waals surface area contributed by atoms with Gasteiger partial charge < -0.3 is 9.84 Å². The van der Waals surface area contributed by atoms with Gasteiger partial charge in [-0.3, -0.25) is 0 Å². The number of aliphatic hydroxyl groups is 1. The van der Waals surface area contributed by atoms with Crippen LogP contribution in [0.2, 0.25) is 0 Å². The molecule has 0 unspecified atom stereocenters. The Morgan fingerprint density at radius 1 is 1.67 bits per heavy atom. The fraction of sp³-hybridized carbons (Fsp3) is 1.00. The monoisotopic (exact) mass is 250 g/mol. The van der Waals surface area contributed by atoms with Crippen LogP contribution < -0.4 is 0 Å².